The van der Waals surface area contributed by atoms with Crippen molar-refractivity contribution in [1.29, 1.82) is 0 Å². The van der Waals surface area contributed by atoms with Crippen molar-refractivity contribution in [3.63, 3.8) is 0 Å². The number of rotatable bonds is 6. The lowest BCUT2D eigenvalue weighted by molar-refractivity contribution is 0.0524. The number of pyridine rings is 1. The fraction of sp³-hybridized carbons (Fsp3) is 0.316. The van der Waals surface area contributed by atoms with Crippen molar-refractivity contribution in [3.05, 3.63) is 64.7 Å². The molecular formula is C19H21FN2O3. The third-order valence-electron chi connectivity index (χ3n) is 3.68. The molecule has 5 nitrogen and oxygen atoms in total. The van der Waals surface area contributed by atoms with Gasteiger partial charge in [0.15, 0.2) is 0 Å². The quantitative estimate of drug-likeness (QED) is 0.818. The minimum atomic E-state index is -0.465. The number of aromatic nitrogens is 1. The van der Waals surface area contributed by atoms with Gasteiger partial charge in [0.05, 0.1) is 17.9 Å². The van der Waals surface area contributed by atoms with E-state index in [0.29, 0.717) is 23.2 Å². The number of carbonyl (C=O) groups is 2. The molecule has 2 aromatic rings. The highest BCUT2D eigenvalue weighted by Crippen LogP contribution is 2.11. The molecule has 1 atom stereocenters. The Morgan fingerprint density at radius 1 is 1.24 bits per heavy atom. The van der Waals surface area contributed by atoms with E-state index in [0.717, 1.165) is 0 Å². The molecule has 1 N–H and O–H groups in total. The van der Waals surface area contributed by atoms with Crippen LogP contribution in [-0.2, 0) is 11.2 Å². The number of nitrogens with one attached hydrogen (secondary N) is 1. The van der Waals surface area contributed by atoms with Crippen molar-refractivity contribution in [2.75, 3.05) is 6.61 Å². The van der Waals surface area contributed by atoms with Gasteiger partial charge in [0.2, 0.25) is 0 Å². The summed E-state index contributed by atoms with van der Waals surface area (Å²) in [5.41, 5.74) is 1.49. The molecule has 0 saturated heterocycles. The summed E-state index contributed by atoms with van der Waals surface area (Å²) in [5.74, 6) is -1.13. The monoisotopic (exact) mass is 344 g/mol. The first-order chi connectivity index (χ1) is 11.9. The first kappa shape index (κ1) is 18.6. The first-order valence-corrected chi connectivity index (χ1v) is 8.11. The number of hydrogen-bond acceptors (Lipinski definition) is 4. The second-order valence-corrected chi connectivity index (χ2v) is 5.72. The van der Waals surface area contributed by atoms with Crippen molar-refractivity contribution >= 4 is 11.9 Å². The van der Waals surface area contributed by atoms with Crippen LogP contribution in [-0.4, -0.2) is 29.5 Å². The zero-order valence-electron chi connectivity index (χ0n) is 14.5. The smallest absolute Gasteiger partial charge is 0.339 e. The van der Waals surface area contributed by atoms with Crippen LogP contribution in [0.5, 0.6) is 0 Å². The fourth-order valence-corrected chi connectivity index (χ4v) is 2.45. The van der Waals surface area contributed by atoms with Crippen LogP contribution in [0.25, 0.3) is 0 Å². The number of benzene rings is 1. The molecular weight excluding hydrogens is 323 g/mol. The van der Waals surface area contributed by atoms with E-state index in [9.17, 15) is 14.0 Å². The third kappa shape index (κ3) is 4.86. The van der Waals surface area contributed by atoms with E-state index in [1.807, 2.05) is 0 Å². The molecule has 0 bridgehead atoms. The summed E-state index contributed by atoms with van der Waals surface area (Å²) in [5, 5.41) is 2.79. The van der Waals surface area contributed by atoms with Crippen molar-refractivity contribution < 1.29 is 18.7 Å². The molecule has 2 rings (SSSR count). The lowest BCUT2D eigenvalue weighted by Gasteiger charge is -2.14. The molecule has 0 spiro atoms. The molecule has 1 amide bonds. The summed E-state index contributed by atoms with van der Waals surface area (Å²) in [7, 11) is 0. The predicted molar refractivity (Wildman–Crippen MR) is 92.0 cm³/mol. The average molecular weight is 344 g/mol. The van der Waals surface area contributed by atoms with Crippen molar-refractivity contribution in [2.24, 2.45) is 0 Å². The van der Waals surface area contributed by atoms with Crippen molar-refractivity contribution in [1.82, 2.24) is 10.3 Å². The van der Waals surface area contributed by atoms with Crippen LogP contribution < -0.4 is 5.32 Å². The molecule has 1 unspecified atom stereocenters. The predicted octanol–water partition coefficient (Wildman–Crippen LogP) is 3.07. The molecule has 0 aliphatic carbocycles. The van der Waals surface area contributed by atoms with Crippen molar-refractivity contribution in [2.45, 2.75) is 33.2 Å². The number of amides is 1. The maximum Gasteiger partial charge on any atom is 0.339 e. The molecule has 0 saturated carbocycles. The zero-order valence-corrected chi connectivity index (χ0v) is 14.5. The number of esters is 1. The number of halogens is 1. The molecule has 6 heteroatoms. The van der Waals surface area contributed by atoms with Crippen LogP contribution in [0.4, 0.5) is 4.39 Å². The van der Waals surface area contributed by atoms with Crippen molar-refractivity contribution in [3.8, 4) is 0 Å². The van der Waals surface area contributed by atoms with Gasteiger partial charge in [0.1, 0.15) is 11.5 Å². The Hall–Kier alpha value is -2.76. The summed E-state index contributed by atoms with van der Waals surface area (Å²) in [6.45, 7) is 5.43. The van der Waals surface area contributed by atoms with Gasteiger partial charge in [-0.1, -0.05) is 18.2 Å². The minimum Gasteiger partial charge on any atom is -0.462 e. The van der Waals surface area contributed by atoms with Gasteiger partial charge in [-0.05, 0) is 51.0 Å². The molecule has 0 radical (unpaired) electrons. The van der Waals surface area contributed by atoms with E-state index in [4.69, 9.17) is 4.74 Å². The maximum absolute atomic E-state index is 13.7. The van der Waals surface area contributed by atoms with Gasteiger partial charge >= 0.3 is 5.97 Å². The number of aryl methyl sites for hydroxylation is 1. The number of nitrogens with zero attached hydrogens (tertiary/aromatic N) is 1. The standard InChI is InChI=1S/C19H21FN2O3/c1-4-25-19(24)15-9-10-17(22-13(15)3)18(23)21-12(2)11-14-7-5-6-8-16(14)20/h5-10,12H,4,11H2,1-3H3,(H,21,23). The Labute approximate surface area is 146 Å². The highest BCUT2D eigenvalue weighted by atomic mass is 19.1. The van der Waals surface area contributed by atoms with Gasteiger partial charge in [-0.25, -0.2) is 14.2 Å². The highest BCUT2D eigenvalue weighted by Gasteiger charge is 2.16. The summed E-state index contributed by atoms with van der Waals surface area (Å²) < 4.78 is 18.6. The van der Waals surface area contributed by atoms with E-state index < -0.39 is 5.97 Å². The van der Waals surface area contributed by atoms with Crippen LogP contribution in [0.1, 0.15) is 46.0 Å². The second kappa shape index (κ2) is 8.37. The second-order valence-electron chi connectivity index (χ2n) is 5.72. The minimum absolute atomic E-state index is 0.200. The van der Waals surface area contributed by atoms with Gasteiger partial charge in [0.25, 0.3) is 5.91 Å². The fourth-order valence-electron chi connectivity index (χ4n) is 2.45. The van der Waals surface area contributed by atoms with E-state index >= 15 is 0 Å². The average Bonchev–Trinajstić information content (AvgIpc) is 2.57. The van der Waals surface area contributed by atoms with Crippen LogP contribution in [0, 0.1) is 12.7 Å². The highest BCUT2D eigenvalue weighted by molar-refractivity contribution is 5.95. The number of ether oxygens (including phenoxy) is 1. The Morgan fingerprint density at radius 2 is 1.96 bits per heavy atom. The molecule has 132 valence electrons. The third-order valence-corrected chi connectivity index (χ3v) is 3.68. The molecule has 1 heterocycles. The molecule has 25 heavy (non-hydrogen) atoms. The van der Waals surface area contributed by atoms with Gasteiger partial charge in [-0.3, -0.25) is 4.79 Å². The van der Waals surface area contributed by atoms with Crippen LogP contribution in [0.3, 0.4) is 0 Å². The Morgan fingerprint density at radius 3 is 2.60 bits per heavy atom. The van der Waals surface area contributed by atoms with E-state index in [1.165, 1.54) is 18.2 Å². The molecule has 0 aliphatic heterocycles. The van der Waals surface area contributed by atoms with Crippen LogP contribution >= 0.6 is 0 Å². The lowest BCUT2D eigenvalue weighted by atomic mass is 10.1. The number of carbonyl (C=O) groups excluding carboxylic acids is 2. The van der Waals surface area contributed by atoms with Crippen LogP contribution in [0.15, 0.2) is 36.4 Å². The van der Waals surface area contributed by atoms with Crippen LogP contribution in [0.2, 0.25) is 0 Å². The Kier molecular flexibility index (Phi) is 6.22. The zero-order chi connectivity index (χ0) is 18.4. The molecule has 1 aromatic heterocycles. The van der Waals surface area contributed by atoms with E-state index in [2.05, 4.69) is 10.3 Å². The number of hydrogen-bond donors (Lipinski definition) is 1. The summed E-state index contributed by atoms with van der Waals surface area (Å²) in [6, 6.07) is 9.20. The molecule has 1 aromatic carbocycles. The summed E-state index contributed by atoms with van der Waals surface area (Å²) >= 11 is 0. The topological polar surface area (TPSA) is 68.3 Å². The SMILES string of the molecule is CCOC(=O)c1ccc(C(=O)NC(C)Cc2ccccc2F)nc1C. The normalized spacial score (nSPS) is 11.7. The van der Waals surface area contributed by atoms with E-state index in [-0.39, 0.29) is 30.1 Å². The summed E-state index contributed by atoms with van der Waals surface area (Å²) in [4.78, 5) is 28.2. The Balaban J connectivity index is 2.04. The van der Waals surface area contributed by atoms with Gasteiger partial charge in [0, 0.05) is 6.04 Å². The van der Waals surface area contributed by atoms with Gasteiger partial charge < -0.3 is 10.1 Å². The van der Waals surface area contributed by atoms with Gasteiger partial charge in [-0.2, -0.15) is 0 Å². The molecule has 0 aliphatic rings. The largest absolute Gasteiger partial charge is 0.462 e. The summed E-state index contributed by atoms with van der Waals surface area (Å²) in [6.07, 6.45) is 0.373. The Bertz CT molecular complexity index is 777. The molecule has 0 fully saturated rings. The van der Waals surface area contributed by atoms with Gasteiger partial charge in [-0.15, -0.1) is 0 Å². The first-order valence-electron chi connectivity index (χ1n) is 8.11. The lowest BCUT2D eigenvalue weighted by Crippen LogP contribution is -2.35. The van der Waals surface area contributed by atoms with E-state index in [1.54, 1.807) is 39.0 Å². The maximum atomic E-state index is 13.7.